The van der Waals surface area contributed by atoms with Crippen molar-refractivity contribution < 1.29 is 19.0 Å². The molecule has 0 atom stereocenters. The van der Waals surface area contributed by atoms with E-state index < -0.39 is 0 Å². The number of carbonyl (C=O) groups is 1. The average Bonchev–Trinajstić information content (AvgIpc) is 2.34. The molecule has 1 rings (SSSR count). The largest absolute Gasteiger partial charge is 0.465 e. The molecule has 0 saturated heterocycles. The number of nitrogens with zero attached hydrogens (tertiary/aromatic N) is 1. The van der Waals surface area contributed by atoms with Gasteiger partial charge in [0.2, 0.25) is 0 Å². The summed E-state index contributed by atoms with van der Waals surface area (Å²) in [5.41, 5.74) is 1.38. The van der Waals surface area contributed by atoms with Crippen LogP contribution in [-0.4, -0.2) is 38.6 Å². The molecule has 88 valence electrons. The van der Waals surface area contributed by atoms with Gasteiger partial charge >= 0.3 is 5.97 Å². The number of hydrogen-bond donors (Lipinski definition) is 0. The van der Waals surface area contributed by atoms with Crippen LogP contribution in [0.25, 0.3) is 0 Å². The second kappa shape index (κ2) is 6.92. The molecule has 5 heteroatoms. The fraction of sp³-hybridized carbons (Fsp3) is 0.455. The van der Waals surface area contributed by atoms with E-state index in [1.807, 2.05) is 0 Å². The molecule has 0 aliphatic heterocycles. The van der Waals surface area contributed by atoms with Crippen molar-refractivity contribution in [2.24, 2.45) is 0 Å². The molecule has 1 aromatic heterocycles. The standard InChI is InChI=1S/C11H15NO4/c1-14-8-16-4-3-9-5-10(7-12-6-9)11(13)15-2/h5-7H,3-4,8H2,1-2H3. The van der Waals surface area contributed by atoms with Gasteiger partial charge in [-0.25, -0.2) is 4.79 Å². The summed E-state index contributed by atoms with van der Waals surface area (Å²) in [6.07, 6.45) is 3.86. The number of methoxy groups -OCH3 is 2. The molecular formula is C11H15NO4. The van der Waals surface area contributed by atoms with E-state index in [0.29, 0.717) is 18.6 Å². The smallest absolute Gasteiger partial charge is 0.339 e. The van der Waals surface area contributed by atoms with E-state index in [1.165, 1.54) is 13.3 Å². The normalized spacial score (nSPS) is 10.1. The minimum Gasteiger partial charge on any atom is -0.465 e. The molecule has 0 aliphatic carbocycles. The molecule has 0 amide bonds. The lowest BCUT2D eigenvalue weighted by atomic mass is 10.1. The Bertz CT molecular complexity index is 341. The molecule has 0 radical (unpaired) electrons. The maximum atomic E-state index is 11.2. The summed E-state index contributed by atoms with van der Waals surface area (Å²) >= 11 is 0. The number of rotatable bonds is 6. The SMILES string of the molecule is COCOCCc1cncc(C(=O)OC)c1. The third kappa shape index (κ3) is 3.96. The summed E-state index contributed by atoms with van der Waals surface area (Å²) in [7, 11) is 2.91. The minimum atomic E-state index is -0.382. The van der Waals surface area contributed by atoms with Crippen LogP contribution >= 0.6 is 0 Å². The van der Waals surface area contributed by atoms with Gasteiger partial charge in [0.05, 0.1) is 19.3 Å². The summed E-state index contributed by atoms with van der Waals surface area (Å²) < 4.78 is 14.5. The van der Waals surface area contributed by atoms with Crippen LogP contribution in [0.3, 0.4) is 0 Å². The molecule has 0 saturated carbocycles. The van der Waals surface area contributed by atoms with Gasteiger partial charge in [-0.15, -0.1) is 0 Å². The number of carbonyl (C=O) groups excluding carboxylic acids is 1. The van der Waals surface area contributed by atoms with E-state index in [1.54, 1.807) is 19.4 Å². The summed E-state index contributed by atoms with van der Waals surface area (Å²) in [6, 6.07) is 1.75. The molecule has 0 unspecified atom stereocenters. The molecule has 5 nitrogen and oxygen atoms in total. The summed E-state index contributed by atoms with van der Waals surface area (Å²) in [6.45, 7) is 0.796. The summed E-state index contributed by atoms with van der Waals surface area (Å²) in [5, 5.41) is 0. The van der Waals surface area contributed by atoms with E-state index in [9.17, 15) is 4.79 Å². The Morgan fingerprint density at radius 2 is 2.19 bits per heavy atom. The van der Waals surface area contributed by atoms with Crippen molar-refractivity contribution in [2.75, 3.05) is 27.6 Å². The van der Waals surface area contributed by atoms with Gasteiger partial charge in [0.25, 0.3) is 0 Å². The fourth-order valence-corrected chi connectivity index (χ4v) is 1.19. The number of pyridine rings is 1. The zero-order valence-corrected chi connectivity index (χ0v) is 9.43. The highest BCUT2D eigenvalue weighted by atomic mass is 16.7. The zero-order chi connectivity index (χ0) is 11.8. The quantitative estimate of drug-likeness (QED) is 0.411. The van der Waals surface area contributed by atoms with E-state index >= 15 is 0 Å². The first kappa shape index (κ1) is 12.6. The Labute approximate surface area is 94.3 Å². The van der Waals surface area contributed by atoms with Crippen LogP contribution < -0.4 is 0 Å². The lowest BCUT2D eigenvalue weighted by Gasteiger charge is -2.04. The van der Waals surface area contributed by atoms with Gasteiger partial charge in [-0.05, 0) is 18.1 Å². The highest BCUT2D eigenvalue weighted by Crippen LogP contribution is 2.05. The first-order chi connectivity index (χ1) is 7.77. The lowest BCUT2D eigenvalue weighted by molar-refractivity contribution is -0.0291. The van der Waals surface area contributed by atoms with Crippen molar-refractivity contribution in [3.8, 4) is 0 Å². The Balaban J connectivity index is 2.50. The second-order valence-electron chi connectivity index (χ2n) is 3.14. The minimum absolute atomic E-state index is 0.268. The predicted molar refractivity (Wildman–Crippen MR) is 57.1 cm³/mol. The molecular weight excluding hydrogens is 210 g/mol. The third-order valence-electron chi connectivity index (χ3n) is 1.95. The van der Waals surface area contributed by atoms with Crippen LogP contribution in [0.2, 0.25) is 0 Å². The number of aromatic nitrogens is 1. The highest BCUT2D eigenvalue weighted by molar-refractivity contribution is 5.89. The van der Waals surface area contributed by atoms with Crippen molar-refractivity contribution >= 4 is 5.97 Å². The fourth-order valence-electron chi connectivity index (χ4n) is 1.19. The Morgan fingerprint density at radius 1 is 1.38 bits per heavy atom. The van der Waals surface area contributed by atoms with Crippen molar-refractivity contribution in [2.45, 2.75) is 6.42 Å². The highest BCUT2D eigenvalue weighted by Gasteiger charge is 2.06. The molecule has 0 aromatic carbocycles. The van der Waals surface area contributed by atoms with Gasteiger partial charge in [-0.2, -0.15) is 0 Å². The molecule has 0 bridgehead atoms. The van der Waals surface area contributed by atoms with Crippen molar-refractivity contribution in [3.05, 3.63) is 29.6 Å². The molecule has 0 N–H and O–H groups in total. The van der Waals surface area contributed by atoms with Gasteiger partial charge in [0, 0.05) is 19.5 Å². The van der Waals surface area contributed by atoms with Crippen molar-refractivity contribution in [3.63, 3.8) is 0 Å². The van der Waals surface area contributed by atoms with Crippen LogP contribution in [0, 0.1) is 0 Å². The Morgan fingerprint density at radius 3 is 2.88 bits per heavy atom. The topological polar surface area (TPSA) is 57.7 Å². The van der Waals surface area contributed by atoms with Crippen LogP contribution in [0.1, 0.15) is 15.9 Å². The van der Waals surface area contributed by atoms with Gasteiger partial charge < -0.3 is 14.2 Å². The number of esters is 1. The van der Waals surface area contributed by atoms with Crippen LogP contribution in [0.4, 0.5) is 0 Å². The maximum Gasteiger partial charge on any atom is 0.339 e. The number of ether oxygens (including phenoxy) is 3. The molecule has 0 spiro atoms. The first-order valence-electron chi connectivity index (χ1n) is 4.87. The molecule has 0 fully saturated rings. The van der Waals surface area contributed by atoms with Crippen molar-refractivity contribution in [1.29, 1.82) is 0 Å². The van der Waals surface area contributed by atoms with E-state index in [-0.39, 0.29) is 12.8 Å². The first-order valence-corrected chi connectivity index (χ1v) is 4.87. The number of hydrogen-bond acceptors (Lipinski definition) is 5. The summed E-state index contributed by atoms with van der Waals surface area (Å²) in [4.78, 5) is 15.2. The average molecular weight is 225 g/mol. The summed E-state index contributed by atoms with van der Waals surface area (Å²) in [5.74, 6) is -0.382. The maximum absolute atomic E-state index is 11.2. The van der Waals surface area contributed by atoms with Gasteiger partial charge in [-0.3, -0.25) is 4.98 Å². The Kier molecular flexibility index (Phi) is 5.45. The molecule has 0 aliphatic rings. The second-order valence-corrected chi connectivity index (χ2v) is 3.14. The zero-order valence-electron chi connectivity index (χ0n) is 9.43. The monoisotopic (exact) mass is 225 g/mol. The molecule has 1 heterocycles. The van der Waals surface area contributed by atoms with Gasteiger partial charge in [0.15, 0.2) is 0 Å². The van der Waals surface area contributed by atoms with E-state index in [0.717, 1.165) is 5.56 Å². The van der Waals surface area contributed by atoms with Crippen LogP contribution in [0.5, 0.6) is 0 Å². The third-order valence-corrected chi connectivity index (χ3v) is 1.95. The molecule has 16 heavy (non-hydrogen) atoms. The predicted octanol–water partition coefficient (Wildman–Crippen LogP) is 1.03. The van der Waals surface area contributed by atoms with Gasteiger partial charge in [-0.1, -0.05) is 0 Å². The van der Waals surface area contributed by atoms with Gasteiger partial charge in [0.1, 0.15) is 6.79 Å². The van der Waals surface area contributed by atoms with Crippen LogP contribution in [0.15, 0.2) is 18.5 Å². The Hall–Kier alpha value is -1.46. The van der Waals surface area contributed by atoms with Crippen molar-refractivity contribution in [1.82, 2.24) is 4.98 Å². The molecule has 1 aromatic rings. The lowest BCUT2D eigenvalue weighted by Crippen LogP contribution is -2.05. The van der Waals surface area contributed by atoms with E-state index in [4.69, 9.17) is 9.47 Å². The van der Waals surface area contributed by atoms with E-state index in [2.05, 4.69) is 9.72 Å². The van der Waals surface area contributed by atoms with Crippen LogP contribution in [-0.2, 0) is 20.6 Å².